The van der Waals surface area contributed by atoms with Crippen molar-refractivity contribution in [3.63, 3.8) is 0 Å². The fourth-order valence-electron chi connectivity index (χ4n) is 5.46. The minimum absolute atomic E-state index is 0.786. The van der Waals surface area contributed by atoms with Crippen LogP contribution < -0.4 is 5.32 Å². The average Bonchev–Trinajstić information content (AvgIpc) is 3.39. The van der Waals surface area contributed by atoms with Gasteiger partial charge in [0.25, 0.3) is 0 Å². The van der Waals surface area contributed by atoms with Gasteiger partial charge in [0, 0.05) is 12.6 Å². The highest BCUT2D eigenvalue weighted by molar-refractivity contribution is 5.05. The quantitative estimate of drug-likeness (QED) is 0.752. The maximum Gasteiger partial charge on any atom is 0.00982 e. The standard InChI is InChI=1S/C19H33N/c1-2-6-15(7-3-1)17-8-4-5-9-18(17)20-14-19(12-13-19)16-10-11-16/h15-18,20H,1-14H2. The van der Waals surface area contributed by atoms with Crippen LogP contribution in [0, 0.1) is 23.2 Å². The third-order valence-corrected chi connectivity index (χ3v) is 7.13. The zero-order chi connectivity index (χ0) is 13.4. The summed E-state index contributed by atoms with van der Waals surface area (Å²) in [7, 11) is 0. The molecule has 1 heteroatoms. The number of nitrogens with one attached hydrogen (secondary N) is 1. The molecule has 0 aliphatic heterocycles. The minimum Gasteiger partial charge on any atom is -0.313 e. The Bertz CT molecular complexity index is 323. The Labute approximate surface area is 125 Å². The predicted octanol–water partition coefficient (Wildman–Crippen LogP) is 4.91. The second kappa shape index (κ2) is 5.63. The topological polar surface area (TPSA) is 12.0 Å². The van der Waals surface area contributed by atoms with Crippen molar-refractivity contribution in [1.82, 2.24) is 5.32 Å². The van der Waals surface area contributed by atoms with Crippen LogP contribution in [0.5, 0.6) is 0 Å². The van der Waals surface area contributed by atoms with Crippen LogP contribution >= 0.6 is 0 Å². The van der Waals surface area contributed by atoms with E-state index in [2.05, 4.69) is 5.32 Å². The van der Waals surface area contributed by atoms with Crippen molar-refractivity contribution < 1.29 is 0 Å². The summed E-state index contributed by atoms with van der Waals surface area (Å²) in [5.41, 5.74) is 0.786. The SMILES string of the molecule is C1CCC(C2CCCCC2NCC2(C3CC3)CC2)CC1. The predicted molar refractivity (Wildman–Crippen MR) is 84.7 cm³/mol. The Morgan fingerprint density at radius 3 is 2.15 bits per heavy atom. The van der Waals surface area contributed by atoms with Gasteiger partial charge in [-0.1, -0.05) is 44.9 Å². The van der Waals surface area contributed by atoms with Gasteiger partial charge in [0.15, 0.2) is 0 Å². The first-order valence-electron chi connectivity index (χ1n) is 9.61. The zero-order valence-electron chi connectivity index (χ0n) is 13.2. The van der Waals surface area contributed by atoms with Crippen molar-refractivity contribution in [3.8, 4) is 0 Å². The van der Waals surface area contributed by atoms with E-state index in [1.807, 2.05) is 0 Å². The van der Waals surface area contributed by atoms with Crippen molar-refractivity contribution in [1.29, 1.82) is 0 Å². The molecule has 0 heterocycles. The number of hydrogen-bond donors (Lipinski definition) is 1. The Morgan fingerprint density at radius 2 is 1.45 bits per heavy atom. The van der Waals surface area contributed by atoms with Gasteiger partial charge in [-0.15, -0.1) is 0 Å². The molecule has 0 aromatic rings. The summed E-state index contributed by atoms with van der Waals surface area (Å²) < 4.78 is 0. The second-order valence-corrected chi connectivity index (χ2v) is 8.47. The molecule has 1 nitrogen and oxygen atoms in total. The lowest BCUT2D eigenvalue weighted by molar-refractivity contribution is 0.144. The molecule has 20 heavy (non-hydrogen) atoms. The van der Waals surface area contributed by atoms with E-state index in [0.717, 1.165) is 29.2 Å². The van der Waals surface area contributed by atoms with E-state index >= 15 is 0 Å². The van der Waals surface area contributed by atoms with E-state index < -0.39 is 0 Å². The summed E-state index contributed by atoms with van der Waals surface area (Å²) in [6, 6.07) is 0.878. The van der Waals surface area contributed by atoms with E-state index in [9.17, 15) is 0 Å². The van der Waals surface area contributed by atoms with Crippen molar-refractivity contribution in [3.05, 3.63) is 0 Å². The Morgan fingerprint density at radius 1 is 0.750 bits per heavy atom. The third-order valence-electron chi connectivity index (χ3n) is 7.13. The van der Waals surface area contributed by atoms with Gasteiger partial charge in [-0.25, -0.2) is 0 Å². The van der Waals surface area contributed by atoms with Crippen LogP contribution in [0.2, 0.25) is 0 Å². The summed E-state index contributed by atoms with van der Waals surface area (Å²) in [6.45, 7) is 1.37. The van der Waals surface area contributed by atoms with Crippen LogP contribution in [0.4, 0.5) is 0 Å². The lowest BCUT2D eigenvalue weighted by atomic mass is 9.71. The van der Waals surface area contributed by atoms with Crippen molar-refractivity contribution >= 4 is 0 Å². The summed E-state index contributed by atoms with van der Waals surface area (Å²) in [6.07, 6.45) is 19.7. The lowest BCUT2D eigenvalue weighted by Gasteiger charge is -2.40. The summed E-state index contributed by atoms with van der Waals surface area (Å²) >= 11 is 0. The third kappa shape index (κ3) is 2.80. The van der Waals surface area contributed by atoms with Gasteiger partial charge in [-0.2, -0.15) is 0 Å². The molecule has 1 N–H and O–H groups in total. The summed E-state index contributed by atoms with van der Waals surface area (Å²) in [4.78, 5) is 0. The normalized spacial score (nSPS) is 37.8. The molecule has 4 fully saturated rings. The zero-order valence-corrected chi connectivity index (χ0v) is 13.2. The Kier molecular flexibility index (Phi) is 3.83. The summed E-state index contributed by atoms with van der Waals surface area (Å²) in [5.74, 6) is 3.21. The molecule has 0 bridgehead atoms. The van der Waals surface area contributed by atoms with Gasteiger partial charge in [0.1, 0.15) is 0 Å². The molecule has 2 atom stereocenters. The van der Waals surface area contributed by atoms with Crippen LogP contribution in [0.3, 0.4) is 0 Å². The van der Waals surface area contributed by atoms with Gasteiger partial charge in [-0.3, -0.25) is 0 Å². The molecule has 2 unspecified atom stereocenters. The van der Waals surface area contributed by atoms with Gasteiger partial charge in [0.05, 0.1) is 0 Å². The maximum absolute atomic E-state index is 4.09. The van der Waals surface area contributed by atoms with E-state index in [4.69, 9.17) is 0 Å². The van der Waals surface area contributed by atoms with Crippen LogP contribution in [0.15, 0.2) is 0 Å². The smallest absolute Gasteiger partial charge is 0.00982 e. The van der Waals surface area contributed by atoms with Gasteiger partial charge in [0.2, 0.25) is 0 Å². The largest absolute Gasteiger partial charge is 0.313 e. The highest BCUT2D eigenvalue weighted by Gasteiger charge is 2.53. The van der Waals surface area contributed by atoms with E-state index in [1.165, 1.54) is 77.2 Å². The van der Waals surface area contributed by atoms with Gasteiger partial charge < -0.3 is 5.32 Å². The van der Waals surface area contributed by atoms with Crippen molar-refractivity contribution in [2.75, 3.05) is 6.54 Å². The highest BCUT2D eigenvalue weighted by atomic mass is 15.0. The first-order valence-corrected chi connectivity index (χ1v) is 9.61. The molecule has 114 valence electrons. The number of rotatable bonds is 5. The van der Waals surface area contributed by atoms with Crippen molar-refractivity contribution in [2.45, 2.75) is 89.5 Å². The first-order chi connectivity index (χ1) is 9.87. The highest BCUT2D eigenvalue weighted by Crippen LogP contribution is 2.61. The average molecular weight is 275 g/mol. The van der Waals surface area contributed by atoms with Crippen molar-refractivity contribution in [2.24, 2.45) is 23.2 Å². The Hall–Kier alpha value is -0.0400. The summed E-state index contributed by atoms with van der Waals surface area (Å²) in [5, 5.41) is 4.09. The maximum atomic E-state index is 4.09. The molecule has 0 spiro atoms. The molecular weight excluding hydrogens is 242 g/mol. The first kappa shape index (κ1) is 13.6. The second-order valence-electron chi connectivity index (χ2n) is 8.47. The molecule has 0 aromatic heterocycles. The van der Waals surface area contributed by atoms with Crippen LogP contribution in [-0.2, 0) is 0 Å². The van der Waals surface area contributed by atoms with E-state index in [1.54, 1.807) is 12.8 Å². The number of hydrogen-bond acceptors (Lipinski definition) is 1. The molecule has 0 aromatic carbocycles. The molecule has 4 aliphatic rings. The van der Waals surface area contributed by atoms with Gasteiger partial charge >= 0.3 is 0 Å². The molecule has 4 aliphatic carbocycles. The monoisotopic (exact) mass is 275 g/mol. The van der Waals surface area contributed by atoms with Crippen LogP contribution in [0.25, 0.3) is 0 Å². The van der Waals surface area contributed by atoms with E-state index in [-0.39, 0.29) is 0 Å². The molecule has 0 saturated heterocycles. The van der Waals surface area contributed by atoms with Crippen LogP contribution in [-0.4, -0.2) is 12.6 Å². The molecule has 0 amide bonds. The fraction of sp³-hybridized carbons (Fsp3) is 1.00. The van der Waals surface area contributed by atoms with E-state index in [0.29, 0.717) is 0 Å². The lowest BCUT2D eigenvalue weighted by Crippen LogP contribution is -2.44. The molecule has 4 saturated carbocycles. The fourth-order valence-corrected chi connectivity index (χ4v) is 5.46. The minimum atomic E-state index is 0.786. The molecule has 0 radical (unpaired) electrons. The molecule has 4 rings (SSSR count). The molecular formula is C19H33N. The van der Waals surface area contributed by atoms with Gasteiger partial charge in [-0.05, 0) is 61.7 Å². The van der Waals surface area contributed by atoms with Crippen LogP contribution in [0.1, 0.15) is 83.5 Å². The Balaban J connectivity index is 1.34.